The average Bonchev–Trinajstić information content (AvgIpc) is 2.37. The standard InChI is InChI=1S/C14H19NO4/c1-10-5-4-6-12(9-10)19-8-7-13(16)15-11(2)14(17)18-3/h4-6,9,11H,7-8H2,1-3H3,(H,15,16)/t11-/m0/s1. The van der Waals surface area contributed by atoms with E-state index in [4.69, 9.17) is 4.74 Å². The molecule has 0 unspecified atom stereocenters. The van der Waals surface area contributed by atoms with Crippen LogP contribution in [-0.2, 0) is 14.3 Å². The molecule has 1 rings (SSSR count). The monoisotopic (exact) mass is 265 g/mol. The molecular formula is C14H19NO4. The number of aryl methyl sites for hydroxylation is 1. The Balaban J connectivity index is 2.29. The molecule has 1 N–H and O–H groups in total. The molecule has 0 fully saturated rings. The molecule has 0 heterocycles. The highest BCUT2D eigenvalue weighted by atomic mass is 16.5. The van der Waals surface area contributed by atoms with E-state index < -0.39 is 12.0 Å². The van der Waals surface area contributed by atoms with Crippen molar-refractivity contribution >= 4 is 11.9 Å². The lowest BCUT2D eigenvalue weighted by molar-refractivity contribution is -0.144. The lowest BCUT2D eigenvalue weighted by Gasteiger charge is -2.12. The van der Waals surface area contributed by atoms with Crippen LogP contribution in [0.4, 0.5) is 0 Å². The Hall–Kier alpha value is -2.04. The Morgan fingerprint density at radius 2 is 2.11 bits per heavy atom. The van der Waals surface area contributed by atoms with Crippen molar-refractivity contribution in [3.8, 4) is 5.75 Å². The van der Waals surface area contributed by atoms with Gasteiger partial charge in [0, 0.05) is 0 Å². The van der Waals surface area contributed by atoms with Crippen LogP contribution in [0.5, 0.6) is 5.75 Å². The van der Waals surface area contributed by atoms with E-state index in [1.165, 1.54) is 7.11 Å². The van der Waals surface area contributed by atoms with Crippen molar-refractivity contribution in [2.24, 2.45) is 0 Å². The summed E-state index contributed by atoms with van der Waals surface area (Å²) in [5.41, 5.74) is 1.10. The third kappa shape index (κ3) is 5.42. The van der Waals surface area contributed by atoms with Crippen LogP contribution >= 0.6 is 0 Å². The van der Waals surface area contributed by atoms with E-state index in [1.807, 2.05) is 31.2 Å². The van der Waals surface area contributed by atoms with Crippen LogP contribution in [0.1, 0.15) is 18.9 Å². The number of hydrogen-bond donors (Lipinski definition) is 1. The number of hydrogen-bond acceptors (Lipinski definition) is 4. The second-order valence-electron chi connectivity index (χ2n) is 4.23. The fourth-order valence-electron chi connectivity index (χ4n) is 1.52. The van der Waals surface area contributed by atoms with E-state index in [-0.39, 0.29) is 18.9 Å². The summed E-state index contributed by atoms with van der Waals surface area (Å²) in [6.45, 7) is 3.81. The Labute approximate surface area is 112 Å². The van der Waals surface area contributed by atoms with Gasteiger partial charge in [-0.15, -0.1) is 0 Å². The number of amides is 1. The molecule has 5 heteroatoms. The molecule has 0 saturated heterocycles. The zero-order valence-corrected chi connectivity index (χ0v) is 11.4. The van der Waals surface area contributed by atoms with Gasteiger partial charge in [0.05, 0.1) is 20.1 Å². The first-order chi connectivity index (χ1) is 9.02. The number of esters is 1. The predicted octanol–water partition coefficient (Wildman–Crippen LogP) is 1.44. The molecule has 104 valence electrons. The first kappa shape index (κ1) is 15.0. The number of benzene rings is 1. The second kappa shape index (κ2) is 7.41. The summed E-state index contributed by atoms with van der Waals surface area (Å²) in [5.74, 6) is 0.0207. The van der Waals surface area contributed by atoms with E-state index in [0.717, 1.165) is 11.3 Å². The van der Waals surface area contributed by atoms with Crippen LogP contribution in [0.2, 0.25) is 0 Å². The van der Waals surface area contributed by atoms with Crippen molar-refractivity contribution in [3.63, 3.8) is 0 Å². The summed E-state index contributed by atoms with van der Waals surface area (Å²) < 4.78 is 9.96. The van der Waals surface area contributed by atoms with Gasteiger partial charge < -0.3 is 14.8 Å². The van der Waals surface area contributed by atoms with Gasteiger partial charge in [-0.05, 0) is 31.5 Å². The largest absolute Gasteiger partial charge is 0.493 e. The van der Waals surface area contributed by atoms with Crippen molar-refractivity contribution in [1.82, 2.24) is 5.32 Å². The molecule has 0 aliphatic heterocycles. The highest BCUT2D eigenvalue weighted by Gasteiger charge is 2.15. The highest BCUT2D eigenvalue weighted by molar-refractivity contribution is 5.84. The average molecular weight is 265 g/mol. The summed E-state index contributed by atoms with van der Waals surface area (Å²) in [6, 6.07) is 6.95. The van der Waals surface area contributed by atoms with Crippen LogP contribution in [0.15, 0.2) is 24.3 Å². The lowest BCUT2D eigenvalue weighted by Crippen LogP contribution is -2.39. The molecule has 1 aromatic carbocycles. The van der Waals surface area contributed by atoms with Crippen molar-refractivity contribution in [3.05, 3.63) is 29.8 Å². The fourth-order valence-corrected chi connectivity index (χ4v) is 1.52. The Morgan fingerprint density at radius 3 is 2.74 bits per heavy atom. The molecule has 19 heavy (non-hydrogen) atoms. The molecule has 0 bridgehead atoms. The van der Waals surface area contributed by atoms with Gasteiger partial charge in [-0.1, -0.05) is 12.1 Å². The molecule has 0 aliphatic carbocycles. The van der Waals surface area contributed by atoms with Gasteiger partial charge in [-0.25, -0.2) is 4.79 Å². The van der Waals surface area contributed by atoms with Crippen LogP contribution in [0.25, 0.3) is 0 Å². The predicted molar refractivity (Wildman–Crippen MR) is 70.9 cm³/mol. The van der Waals surface area contributed by atoms with Gasteiger partial charge in [0.25, 0.3) is 0 Å². The fraction of sp³-hybridized carbons (Fsp3) is 0.429. The topological polar surface area (TPSA) is 64.6 Å². The van der Waals surface area contributed by atoms with Crippen molar-refractivity contribution in [1.29, 1.82) is 0 Å². The number of rotatable bonds is 6. The molecule has 0 spiro atoms. The minimum Gasteiger partial charge on any atom is -0.493 e. The van der Waals surface area contributed by atoms with E-state index in [0.29, 0.717) is 0 Å². The van der Waals surface area contributed by atoms with Crippen molar-refractivity contribution in [2.75, 3.05) is 13.7 Å². The first-order valence-electron chi connectivity index (χ1n) is 6.09. The highest BCUT2D eigenvalue weighted by Crippen LogP contribution is 2.12. The number of ether oxygens (including phenoxy) is 2. The number of methoxy groups -OCH3 is 1. The Morgan fingerprint density at radius 1 is 1.37 bits per heavy atom. The van der Waals surface area contributed by atoms with Gasteiger partial charge in [0.1, 0.15) is 11.8 Å². The lowest BCUT2D eigenvalue weighted by atomic mass is 10.2. The minimum atomic E-state index is -0.642. The van der Waals surface area contributed by atoms with Crippen LogP contribution in [0, 0.1) is 6.92 Å². The minimum absolute atomic E-state index is 0.190. The summed E-state index contributed by atoms with van der Waals surface area (Å²) in [5, 5.41) is 2.53. The normalized spacial score (nSPS) is 11.5. The van der Waals surface area contributed by atoms with Gasteiger partial charge in [0.15, 0.2) is 0 Å². The van der Waals surface area contributed by atoms with Gasteiger partial charge in [-0.2, -0.15) is 0 Å². The van der Waals surface area contributed by atoms with Gasteiger partial charge in [0.2, 0.25) is 5.91 Å². The summed E-state index contributed by atoms with van der Waals surface area (Å²) in [6.07, 6.45) is 0.190. The van der Waals surface area contributed by atoms with Gasteiger partial charge in [-0.3, -0.25) is 4.79 Å². The van der Waals surface area contributed by atoms with Crippen LogP contribution in [-0.4, -0.2) is 31.6 Å². The van der Waals surface area contributed by atoms with E-state index in [1.54, 1.807) is 6.92 Å². The summed E-state index contributed by atoms with van der Waals surface area (Å²) in [4.78, 5) is 22.6. The van der Waals surface area contributed by atoms with E-state index in [2.05, 4.69) is 10.1 Å². The molecule has 1 aromatic rings. The molecule has 1 atom stereocenters. The third-order valence-corrected chi connectivity index (χ3v) is 2.52. The molecule has 0 saturated carbocycles. The quantitative estimate of drug-likeness (QED) is 0.790. The zero-order chi connectivity index (χ0) is 14.3. The maximum absolute atomic E-state index is 11.5. The first-order valence-corrected chi connectivity index (χ1v) is 6.09. The maximum atomic E-state index is 11.5. The maximum Gasteiger partial charge on any atom is 0.328 e. The smallest absolute Gasteiger partial charge is 0.328 e. The summed E-state index contributed by atoms with van der Waals surface area (Å²) in [7, 11) is 1.28. The number of nitrogens with one attached hydrogen (secondary N) is 1. The molecule has 0 aliphatic rings. The van der Waals surface area contributed by atoms with Crippen molar-refractivity contribution in [2.45, 2.75) is 26.3 Å². The number of carbonyl (C=O) groups is 2. The summed E-state index contributed by atoms with van der Waals surface area (Å²) >= 11 is 0. The number of carbonyl (C=O) groups excluding carboxylic acids is 2. The van der Waals surface area contributed by atoms with E-state index >= 15 is 0 Å². The molecule has 0 radical (unpaired) electrons. The third-order valence-electron chi connectivity index (χ3n) is 2.52. The SMILES string of the molecule is COC(=O)[C@H](C)NC(=O)CCOc1cccc(C)c1. The molecular weight excluding hydrogens is 246 g/mol. The zero-order valence-electron chi connectivity index (χ0n) is 11.4. The molecule has 0 aromatic heterocycles. The second-order valence-corrected chi connectivity index (χ2v) is 4.23. The van der Waals surface area contributed by atoms with Crippen molar-refractivity contribution < 1.29 is 19.1 Å². The van der Waals surface area contributed by atoms with E-state index in [9.17, 15) is 9.59 Å². The van der Waals surface area contributed by atoms with Crippen LogP contribution < -0.4 is 10.1 Å². The van der Waals surface area contributed by atoms with Crippen LogP contribution in [0.3, 0.4) is 0 Å². The molecule has 5 nitrogen and oxygen atoms in total. The Kier molecular flexibility index (Phi) is 5.85. The Bertz CT molecular complexity index is 445. The molecule has 1 amide bonds. The van der Waals surface area contributed by atoms with Gasteiger partial charge >= 0.3 is 5.97 Å².